The van der Waals surface area contributed by atoms with E-state index < -0.39 is 5.91 Å². The molecule has 2 fully saturated rings. The zero-order valence-corrected chi connectivity index (χ0v) is 15.8. The van der Waals surface area contributed by atoms with Crippen molar-refractivity contribution in [1.82, 2.24) is 4.90 Å². The number of carbonyl (C=O) groups excluding carboxylic acids is 3. The van der Waals surface area contributed by atoms with Gasteiger partial charge in [-0.3, -0.25) is 19.3 Å². The molecule has 1 aliphatic carbocycles. The number of amides is 3. The fourth-order valence-corrected chi connectivity index (χ4v) is 4.47. The third-order valence-corrected chi connectivity index (χ3v) is 7.22. The molecule has 1 aromatic carbocycles. The number of nitrogens with one attached hydrogen (secondary N) is 1. The first kappa shape index (κ1) is 17.4. The monoisotopic (exact) mass is 458 g/mol. The standard InChI is InChI=1S/C16H16Br2N2O4/c17-10-5-8-9(6-11(10)18)16(24)20(15(8)23)7-14(22)19-12-3-1-2-4-13(12)21/h1-4,8-11,21H,5-7H2,(H,19,22)/t8-,9-,10-,11+/m1/s1. The zero-order valence-electron chi connectivity index (χ0n) is 12.6. The summed E-state index contributed by atoms with van der Waals surface area (Å²) >= 11 is 7.05. The molecule has 1 saturated carbocycles. The van der Waals surface area contributed by atoms with Crippen LogP contribution in [0.4, 0.5) is 5.69 Å². The summed E-state index contributed by atoms with van der Waals surface area (Å²) in [4.78, 5) is 38.5. The van der Waals surface area contributed by atoms with Gasteiger partial charge in [-0.1, -0.05) is 44.0 Å². The first-order chi connectivity index (χ1) is 11.4. The quantitative estimate of drug-likeness (QED) is 0.412. The van der Waals surface area contributed by atoms with Gasteiger partial charge in [0, 0.05) is 9.65 Å². The maximum absolute atomic E-state index is 12.5. The summed E-state index contributed by atoms with van der Waals surface area (Å²) in [6.07, 6.45) is 1.14. The first-order valence-electron chi connectivity index (χ1n) is 7.59. The van der Waals surface area contributed by atoms with Crippen molar-refractivity contribution in [2.45, 2.75) is 22.5 Å². The van der Waals surface area contributed by atoms with E-state index in [2.05, 4.69) is 37.2 Å². The highest BCUT2D eigenvalue weighted by molar-refractivity contribution is 9.12. The second-order valence-electron chi connectivity index (χ2n) is 6.04. The Kier molecular flexibility index (Phi) is 4.96. The Hall–Kier alpha value is -1.41. The lowest BCUT2D eigenvalue weighted by molar-refractivity contribution is -0.142. The predicted molar refractivity (Wildman–Crippen MR) is 95.1 cm³/mol. The number of alkyl halides is 2. The van der Waals surface area contributed by atoms with Gasteiger partial charge in [-0.05, 0) is 25.0 Å². The highest BCUT2D eigenvalue weighted by atomic mass is 79.9. The second-order valence-corrected chi connectivity index (χ2v) is 8.40. The van der Waals surface area contributed by atoms with Crippen molar-refractivity contribution < 1.29 is 19.5 Å². The van der Waals surface area contributed by atoms with E-state index in [-0.39, 0.29) is 51.3 Å². The Morgan fingerprint density at radius 1 is 1.12 bits per heavy atom. The summed E-state index contributed by atoms with van der Waals surface area (Å²) in [7, 11) is 0. The Balaban J connectivity index is 1.69. The van der Waals surface area contributed by atoms with Crippen LogP contribution in [-0.2, 0) is 14.4 Å². The van der Waals surface area contributed by atoms with Crippen LogP contribution in [-0.4, -0.2) is 43.9 Å². The summed E-state index contributed by atoms with van der Waals surface area (Å²) in [6, 6.07) is 6.30. The third kappa shape index (κ3) is 3.21. The van der Waals surface area contributed by atoms with Crippen LogP contribution < -0.4 is 5.32 Å². The summed E-state index contributed by atoms with van der Waals surface area (Å²) in [5.74, 6) is -1.89. The highest BCUT2D eigenvalue weighted by Gasteiger charge is 2.52. The van der Waals surface area contributed by atoms with E-state index in [0.717, 1.165) is 4.90 Å². The number of likely N-dealkylation sites (tertiary alicyclic amines) is 1. The van der Waals surface area contributed by atoms with E-state index >= 15 is 0 Å². The lowest BCUT2D eigenvalue weighted by atomic mass is 9.81. The molecule has 24 heavy (non-hydrogen) atoms. The SMILES string of the molecule is O=C(CN1C(=O)[C@@H]2C[C@@H](Br)[C@@H](Br)C[C@H]2C1=O)Nc1ccccc1O. The summed E-state index contributed by atoms with van der Waals surface area (Å²) in [5, 5.41) is 12.2. The fraction of sp³-hybridized carbons (Fsp3) is 0.438. The summed E-state index contributed by atoms with van der Waals surface area (Å²) in [5.41, 5.74) is 0.250. The number of phenols is 1. The van der Waals surface area contributed by atoms with Crippen molar-refractivity contribution in [2.75, 3.05) is 11.9 Å². The topological polar surface area (TPSA) is 86.7 Å². The number of benzene rings is 1. The van der Waals surface area contributed by atoms with Crippen molar-refractivity contribution in [3.63, 3.8) is 0 Å². The van der Waals surface area contributed by atoms with E-state index in [4.69, 9.17) is 0 Å². The number of anilines is 1. The lowest BCUT2D eigenvalue weighted by Crippen LogP contribution is -2.38. The van der Waals surface area contributed by atoms with E-state index in [0.29, 0.717) is 12.8 Å². The van der Waals surface area contributed by atoms with Crippen LogP contribution in [0.25, 0.3) is 0 Å². The van der Waals surface area contributed by atoms with Gasteiger partial charge in [0.1, 0.15) is 12.3 Å². The zero-order chi connectivity index (χ0) is 17.4. The molecular weight excluding hydrogens is 444 g/mol. The van der Waals surface area contributed by atoms with Gasteiger partial charge >= 0.3 is 0 Å². The number of hydrogen-bond donors (Lipinski definition) is 2. The van der Waals surface area contributed by atoms with E-state index in [1.807, 2.05) is 0 Å². The molecule has 3 amide bonds. The Labute approximate surface area is 155 Å². The Morgan fingerprint density at radius 2 is 1.67 bits per heavy atom. The summed E-state index contributed by atoms with van der Waals surface area (Å²) < 4.78 is 0. The number of nitrogens with zero attached hydrogens (tertiary/aromatic N) is 1. The lowest BCUT2D eigenvalue weighted by Gasteiger charge is -2.29. The molecule has 6 nitrogen and oxygen atoms in total. The minimum Gasteiger partial charge on any atom is -0.506 e. The fourth-order valence-electron chi connectivity index (χ4n) is 3.23. The number of carbonyl (C=O) groups is 3. The van der Waals surface area contributed by atoms with Gasteiger partial charge in [-0.25, -0.2) is 0 Å². The van der Waals surface area contributed by atoms with E-state index in [1.165, 1.54) is 6.07 Å². The maximum atomic E-state index is 12.5. The van der Waals surface area contributed by atoms with Gasteiger partial charge in [0.15, 0.2) is 0 Å². The molecule has 0 spiro atoms. The molecule has 1 heterocycles. The van der Waals surface area contributed by atoms with Crippen molar-refractivity contribution in [2.24, 2.45) is 11.8 Å². The van der Waals surface area contributed by atoms with Gasteiger partial charge in [-0.2, -0.15) is 0 Å². The largest absolute Gasteiger partial charge is 0.506 e. The molecule has 0 bridgehead atoms. The van der Waals surface area contributed by atoms with Crippen LogP contribution >= 0.6 is 31.9 Å². The number of rotatable bonds is 3. The number of para-hydroxylation sites is 2. The molecule has 1 aliphatic heterocycles. The van der Waals surface area contributed by atoms with Gasteiger partial charge in [0.05, 0.1) is 17.5 Å². The third-order valence-electron chi connectivity index (χ3n) is 4.48. The second kappa shape index (κ2) is 6.84. The molecule has 128 valence electrons. The van der Waals surface area contributed by atoms with Gasteiger partial charge in [0.25, 0.3) is 0 Å². The maximum Gasteiger partial charge on any atom is 0.244 e. The number of halogens is 2. The minimum atomic E-state index is -0.511. The average molecular weight is 460 g/mol. The van der Waals surface area contributed by atoms with Crippen LogP contribution in [0.3, 0.4) is 0 Å². The molecule has 1 aromatic rings. The number of phenolic OH excluding ortho intramolecular Hbond substituents is 1. The average Bonchev–Trinajstić information content (AvgIpc) is 2.75. The van der Waals surface area contributed by atoms with Crippen LogP contribution in [0.2, 0.25) is 0 Å². The Bertz CT molecular complexity index is 668. The number of hydrogen-bond acceptors (Lipinski definition) is 4. The molecule has 3 rings (SSSR count). The van der Waals surface area contributed by atoms with Crippen molar-refractivity contribution >= 4 is 55.3 Å². The van der Waals surface area contributed by atoms with Gasteiger partial charge < -0.3 is 10.4 Å². The van der Waals surface area contributed by atoms with Crippen LogP contribution in [0.15, 0.2) is 24.3 Å². The van der Waals surface area contributed by atoms with Crippen molar-refractivity contribution in [3.8, 4) is 5.75 Å². The highest BCUT2D eigenvalue weighted by Crippen LogP contribution is 2.43. The smallest absolute Gasteiger partial charge is 0.244 e. The predicted octanol–water partition coefficient (Wildman–Crippen LogP) is 2.25. The number of imide groups is 1. The molecule has 1 saturated heterocycles. The molecule has 2 aliphatic rings. The molecule has 8 heteroatoms. The van der Waals surface area contributed by atoms with Crippen molar-refractivity contribution in [3.05, 3.63) is 24.3 Å². The van der Waals surface area contributed by atoms with Gasteiger partial charge in [-0.15, -0.1) is 0 Å². The van der Waals surface area contributed by atoms with Crippen LogP contribution in [0.5, 0.6) is 5.75 Å². The normalized spacial score (nSPS) is 29.5. The Morgan fingerprint density at radius 3 is 2.21 bits per heavy atom. The molecule has 0 aromatic heterocycles. The molecular formula is C16H16Br2N2O4. The number of fused-ring (bicyclic) bond motifs is 1. The van der Waals surface area contributed by atoms with E-state index in [1.54, 1.807) is 18.2 Å². The van der Waals surface area contributed by atoms with E-state index in [9.17, 15) is 19.5 Å². The molecule has 0 radical (unpaired) electrons. The summed E-state index contributed by atoms with van der Waals surface area (Å²) in [6.45, 7) is -0.334. The number of aromatic hydroxyl groups is 1. The minimum absolute atomic E-state index is 0.0668. The molecule has 0 unspecified atom stereocenters. The molecule has 4 atom stereocenters. The van der Waals surface area contributed by atoms with Crippen molar-refractivity contribution in [1.29, 1.82) is 0 Å². The first-order valence-corrected chi connectivity index (χ1v) is 9.43. The van der Waals surface area contributed by atoms with Crippen LogP contribution in [0.1, 0.15) is 12.8 Å². The molecule has 2 N–H and O–H groups in total. The van der Waals surface area contributed by atoms with Gasteiger partial charge in [0.2, 0.25) is 17.7 Å². The van der Waals surface area contributed by atoms with Crippen LogP contribution in [0, 0.1) is 11.8 Å².